The van der Waals surface area contributed by atoms with Crippen molar-refractivity contribution in [2.45, 2.75) is 12.6 Å². The summed E-state index contributed by atoms with van der Waals surface area (Å²) in [7, 11) is 2.80. The lowest BCUT2D eigenvalue weighted by molar-refractivity contribution is -0.139. The number of ether oxygens (including phenoxy) is 2. The summed E-state index contributed by atoms with van der Waals surface area (Å²) < 4.78 is 23.5. The van der Waals surface area contributed by atoms with Gasteiger partial charge in [0.2, 0.25) is 0 Å². The van der Waals surface area contributed by atoms with Crippen molar-refractivity contribution < 1.29 is 28.6 Å². The minimum atomic E-state index is -1.41. The molecule has 2 aromatic rings. The predicted octanol–water partition coefficient (Wildman–Crippen LogP) is 1.99. The molecule has 1 heterocycles. The van der Waals surface area contributed by atoms with Crippen LogP contribution in [0.15, 0.2) is 23.6 Å². The van der Waals surface area contributed by atoms with Crippen LogP contribution in [-0.2, 0) is 16.1 Å². The molecule has 0 spiro atoms. The first-order valence-corrected chi connectivity index (χ1v) is 7.64. The van der Waals surface area contributed by atoms with Gasteiger partial charge in [-0.15, -0.1) is 11.3 Å². The fourth-order valence-electron chi connectivity index (χ4n) is 1.96. The maximum Gasteiger partial charge on any atom is 0.330 e. The molecule has 1 amide bonds. The molecule has 0 bridgehead atoms. The van der Waals surface area contributed by atoms with Crippen LogP contribution in [0.25, 0.3) is 0 Å². The van der Waals surface area contributed by atoms with Crippen LogP contribution in [0.4, 0.5) is 4.39 Å². The van der Waals surface area contributed by atoms with E-state index in [-0.39, 0.29) is 23.6 Å². The molecule has 0 aliphatic heterocycles. The van der Waals surface area contributed by atoms with Crippen molar-refractivity contribution in [3.63, 3.8) is 0 Å². The Kier molecular flexibility index (Phi) is 5.83. The van der Waals surface area contributed by atoms with Gasteiger partial charge in [-0.05, 0) is 17.7 Å². The smallest absolute Gasteiger partial charge is 0.330 e. The van der Waals surface area contributed by atoms with Crippen molar-refractivity contribution in [3.8, 4) is 5.75 Å². The van der Waals surface area contributed by atoms with E-state index >= 15 is 0 Å². The number of carboxylic acid groups (broad SMARTS) is 1. The number of methoxy groups -OCH3 is 2. The molecule has 0 saturated carbocycles. The topological polar surface area (TPSA) is 97.8 Å². The minimum absolute atomic E-state index is 0.0158. The molecule has 0 aliphatic carbocycles. The van der Waals surface area contributed by atoms with Crippen molar-refractivity contribution in [2.75, 3.05) is 14.2 Å². The molecule has 2 N–H and O–H groups in total. The second-order valence-corrected chi connectivity index (χ2v) is 5.64. The molecule has 128 valence electrons. The van der Waals surface area contributed by atoms with Crippen LogP contribution in [0.2, 0.25) is 0 Å². The van der Waals surface area contributed by atoms with E-state index in [1.165, 1.54) is 43.1 Å². The number of carbonyl (C=O) groups is 2. The van der Waals surface area contributed by atoms with Gasteiger partial charge in [0, 0.05) is 12.5 Å². The number of carboxylic acids is 1. The highest BCUT2D eigenvalue weighted by atomic mass is 32.1. The van der Waals surface area contributed by atoms with Crippen LogP contribution < -0.4 is 10.1 Å². The molecule has 9 heteroatoms. The minimum Gasteiger partial charge on any atom is -0.494 e. The predicted molar refractivity (Wildman–Crippen MR) is 83.6 cm³/mol. The van der Waals surface area contributed by atoms with E-state index in [1.807, 2.05) is 0 Å². The molecule has 0 radical (unpaired) electrons. The first kappa shape index (κ1) is 17.8. The zero-order chi connectivity index (χ0) is 17.7. The van der Waals surface area contributed by atoms with Gasteiger partial charge in [0.05, 0.1) is 13.7 Å². The van der Waals surface area contributed by atoms with Gasteiger partial charge in [-0.25, -0.2) is 14.2 Å². The fraction of sp³-hybridized carbons (Fsp3) is 0.267. The Hall–Kier alpha value is -2.52. The maximum absolute atomic E-state index is 13.8. The second-order valence-electron chi connectivity index (χ2n) is 4.70. The highest BCUT2D eigenvalue weighted by molar-refractivity contribution is 7.09. The summed E-state index contributed by atoms with van der Waals surface area (Å²) in [5.74, 6) is -2.72. The molecular formula is C15H15FN2O5S. The Morgan fingerprint density at radius 1 is 1.42 bits per heavy atom. The first-order valence-electron chi connectivity index (χ1n) is 6.76. The van der Waals surface area contributed by atoms with Crippen LogP contribution >= 0.6 is 11.3 Å². The summed E-state index contributed by atoms with van der Waals surface area (Å²) >= 11 is 1.22. The summed E-state index contributed by atoms with van der Waals surface area (Å²) in [4.78, 5) is 27.6. The van der Waals surface area contributed by atoms with Crippen LogP contribution in [0, 0.1) is 5.82 Å². The third-order valence-corrected chi connectivity index (χ3v) is 3.91. The van der Waals surface area contributed by atoms with E-state index in [0.29, 0.717) is 5.01 Å². The molecular weight excluding hydrogens is 339 g/mol. The Bertz CT molecular complexity index is 749. The molecule has 2 rings (SSSR count). The molecule has 1 aromatic heterocycles. The van der Waals surface area contributed by atoms with E-state index in [0.717, 1.165) is 6.07 Å². The zero-order valence-corrected chi connectivity index (χ0v) is 13.7. The maximum atomic E-state index is 13.8. The number of hydrogen-bond donors (Lipinski definition) is 2. The lowest BCUT2D eigenvalue weighted by Gasteiger charge is -2.15. The molecule has 1 aromatic carbocycles. The van der Waals surface area contributed by atoms with E-state index in [9.17, 15) is 19.1 Å². The zero-order valence-electron chi connectivity index (χ0n) is 12.9. The van der Waals surface area contributed by atoms with Gasteiger partial charge in [0.15, 0.2) is 17.6 Å². The van der Waals surface area contributed by atoms with E-state index in [4.69, 9.17) is 9.47 Å². The van der Waals surface area contributed by atoms with Crippen LogP contribution in [0.1, 0.15) is 27.1 Å². The summed E-state index contributed by atoms with van der Waals surface area (Å²) in [6.07, 6.45) is 0. The summed E-state index contributed by atoms with van der Waals surface area (Å²) in [6.45, 7) is 0.254. The number of amides is 1. The van der Waals surface area contributed by atoms with Gasteiger partial charge < -0.3 is 19.9 Å². The van der Waals surface area contributed by atoms with Gasteiger partial charge in [-0.2, -0.15) is 0 Å². The number of thiazole rings is 1. The molecule has 0 saturated heterocycles. The number of aromatic nitrogens is 1. The average Bonchev–Trinajstić information content (AvgIpc) is 3.01. The lowest BCUT2D eigenvalue weighted by atomic mass is 10.1. The third kappa shape index (κ3) is 4.06. The van der Waals surface area contributed by atoms with Crippen LogP contribution in [-0.4, -0.2) is 36.2 Å². The Labute approximate surface area is 141 Å². The molecule has 0 fully saturated rings. The standard InChI is InChI=1S/C15H15FN2O5S/c1-22-6-12-17-10(7-24-12)14(19)18-13(15(20)21)8-3-4-11(23-2)9(16)5-8/h3-5,7,13H,6H2,1-2H3,(H,18,19)(H,20,21). The van der Waals surface area contributed by atoms with E-state index in [2.05, 4.69) is 10.3 Å². The molecule has 24 heavy (non-hydrogen) atoms. The van der Waals surface area contributed by atoms with E-state index in [1.54, 1.807) is 0 Å². The number of halogens is 1. The van der Waals surface area contributed by atoms with Gasteiger partial charge in [-0.1, -0.05) is 6.07 Å². The van der Waals surface area contributed by atoms with E-state index < -0.39 is 23.7 Å². The molecule has 7 nitrogen and oxygen atoms in total. The van der Waals surface area contributed by atoms with Crippen molar-refractivity contribution >= 4 is 23.2 Å². The number of nitrogens with zero attached hydrogens (tertiary/aromatic N) is 1. The number of aliphatic carboxylic acids is 1. The fourth-order valence-corrected chi connectivity index (χ4v) is 2.70. The Morgan fingerprint density at radius 2 is 2.17 bits per heavy atom. The van der Waals surface area contributed by atoms with Crippen LogP contribution in [0.3, 0.4) is 0 Å². The van der Waals surface area contributed by atoms with Gasteiger partial charge in [0.25, 0.3) is 5.91 Å². The first-order chi connectivity index (χ1) is 11.5. The summed E-state index contributed by atoms with van der Waals surface area (Å²) in [6, 6.07) is 2.27. The number of nitrogens with one attached hydrogen (secondary N) is 1. The van der Waals surface area contributed by atoms with Crippen molar-refractivity contribution in [3.05, 3.63) is 45.7 Å². The van der Waals surface area contributed by atoms with Gasteiger partial charge >= 0.3 is 5.97 Å². The quantitative estimate of drug-likeness (QED) is 0.789. The highest BCUT2D eigenvalue weighted by Crippen LogP contribution is 2.22. The summed E-state index contributed by atoms with van der Waals surface area (Å²) in [5.41, 5.74) is 0.161. The largest absolute Gasteiger partial charge is 0.494 e. The number of carbonyl (C=O) groups excluding carboxylic acids is 1. The normalized spacial score (nSPS) is 11.8. The van der Waals surface area contributed by atoms with Gasteiger partial charge in [0.1, 0.15) is 10.7 Å². The number of hydrogen-bond acceptors (Lipinski definition) is 6. The highest BCUT2D eigenvalue weighted by Gasteiger charge is 2.25. The van der Waals surface area contributed by atoms with Crippen molar-refractivity contribution in [2.24, 2.45) is 0 Å². The number of rotatable bonds is 7. The molecule has 1 unspecified atom stereocenters. The Balaban J connectivity index is 2.20. The Morgan fingerprint density at radius 3 is 2.75 bits per heavy atom. The SMILES string of the molecule is COCc1nc(C(=O)NC(C(=O)O)c2ccc(OC)c(F)c2)cs1. The molecule has 1 atom stereocenters. The monoisotopic (exact) mass is 354 g/mol. The summed E-state index contributed by atoms with van der Waals surface area (Å²) in [5, 5.41) is 13.7. The second kappa shape index (κ2) is 7.84. The van der Waals surface area contributed by atoms with Crippen LogP contribution in [0.5, 0.6) is 5.75 Å². The number of benzene rings is 1. The van der Waals surface area contributed by atoms with Gasteiger partial charge in [-0.3, -0.25) is 4.79 Å². The molecule has 0 aliphatic rings. The van der Waals surface area contributed by atoms with Crippen molar-refractivity contribution in [1.82, 2.24) is 10.3 Å². The average molecular weight is 354 g/mol. The third-order valence-electron chi connectivity index (χ3n) is 3.08. The lowest BCUT2D eigenvalue weighted by Crippen LogP contribution is -2.34. The van der Waals surface area contributed by atoms with Crippen molar-refractivity contribution in [1.29, 1.82) is 0 Å².